The molecular weight excluding hydrogens is 280 g/mol. The zero-order chi connectivity index (χ0) is 12.3. The fraction of sp³-hybridized carbons (Fsp3) is 0.167. The fourth-order valence-electron chi connectivity index (χ4n) is 1.57. The maximum absolute atomic E-state index is 8.64. The molecule has 0 amide bonds. The molecule has 4 nitrogen and oxygen atoms in total. The molecule has 0 saturated heterocycles. The Morgan fingerprint density at radius 2 is 2.12 bits per heavy atom. The average Bonchev–Trinajstić information content (AvgIpc) is 2.65. The summed E-state index contributed by atoms with van der Waals surface area (Å²) in [5.41, 5.74) is 7.80. The number of nitrogens with two attached hydrogens (primary N) is 1. The van der Waals surface area contributed by atoms with Gasteiger partial charge in [-0.25, -0.2) is 4.68 Å². The minimum atomic E-state index is 0.293. The minimum absolute atomic E-state index is 0.293. The number of hydrogen-bond donors (Lipinski definition) is 1. The summed E-state index contributed by atoms with van der Waals surface area (Å²) in [5.74, 6) is 0.558. The largest absolute Gasteiger partial charge is 0.384 e. The lowest BCUT2D eigenvalue weighted by atomic mass is 10.2. The van der Waals surface area contributed by atoms with Gasteiger partial charge in [0.25, 0.3) is 0 Å². The molecule has 0 fully saturated rings. The molecule has 2 N–H and O–H groups in total. The van der Waals surface area contributed by atoms with Crippen LogP contribution in [0.15, 0.2) is 34.9 Å². The predicted octanol–water partition coefficient (Wildman–Crippen LogP) is 2.34. The number of rotatable bonds is 3. The molecule has 5 heteroatoms. The van der Waals surface area contributed by atoms with E-state index >= 15 is 0 Å². The van der Waals surface area contributed by atoms with Crippen LogP contribution in [0.25, 0.3) is 0 Å². The van der Waals surface area contributed by atoms with Crippen LogP contribution in [0, 0.1) is 11.3 Å². The lowest BCUT2D eigenvalue weighted by Crippen LogP contribution is -2.07. The highest BCUT2D eigenvalue weighted by Crippen LogP contribution is 2.19. The van der Waals surface area contributed by atoms with Gasteiger partial charge in [-0.05, 0) is 11.6 Å². The number of nitriles is 1. The van der Waals surface area contributed by atoms with E-state index in [-0.39, 0.29) is 0 Å². The lowest BCUT2D eigenvalue weighted by Gasteiger charge is -2.06. The van der Waals surface area contributed by atoms with E-state index in [1.54, 1.807) is 10.9 Å². The smallest absolute Gasteiger partial charge is 0.126 e. The van der Waals surface area contributed by atoms with Gasteiger partial charge < -0.3 is 5.73 Å². The van der Waals surface area contributed by atoms with Crippen molar-refractivity contribution in [3.05, 3.63) is 46.1 Å². The summed E-state index contributed by atoms with van der Waals surface area (Å²) in [4.78, 5) is 0. The topological polar surface area (TPSA) is 67.6 Å². The quantitative estimate of drug-likeness (QED) is 0.943. The van der Waals surface area contributed by atoms with Crippen molar-refractivity contribution in [3.8, 4) is 6.07 Å². The molecule has 0 aliphatic heterocycles. The second kappa shape index (κ2) is 5.02. The molecule has 1 aromatic heterocycles. The zero-order valence-electron chi connectivity index (χ0n) is 9.10. The van der Waals surface area contributed by atoms with E-state index in [0.717, 1.165) is 15.6 Å². The van der Waals surface area contributed by atoms with Crippen LogP contribution >= 0.6 is 15.9 Å². The molecule has 1 heterocycles. The van der Waals surface area contributed by atoms with E-state index in [1.807, 2.05) is 24.3 Å². The van der Waals surface area contributed by atoms with Crippen molar-refractivity contribution in [3.63, 3.8) is 0 Å². The molecule has 86 valence electrons. The number of anilines is 1. The molecule has 0 spiro atoms. The molecule has 0 aliphatic rings. The fourth-order valence-corrected chi connectivity index (χ4v) is 1.98. The van der Waals surface area contributed by atoms with Crippen LogP contribution in [0.4, 0.5) is 5.82 Å². The Kier molecular flexibility index (Phi) is 3.45. The van der Waals surface area contributed by atoms with Crippen molar-refractivity contribution in [2.24, 2.45) is 0 Å². The van der Waals surface area contributed by atoms with Crippen LogP contribution in [-0.2, 0) is 13.0 Å². The summed E-state index contributed by atoms with van der Waals surface area (Å²) >= 11 is 3.48. The van der Waals surface area contributed by atoms with Crippen LogP contribution in [0.3, 0.4) is 0 Å². The van der Waals surface area contributed by atoms with Crippen LogP contribution < -0.4 is 5.73 Å². The first-order valence-corrected chi connectivity index (χ1v) is 5.92. The molecule has 0 aliphatic carbocycles. The van der Waals surface area contributed by atoms with Crippen molar-refractivity contribution in [1.29, 1.82) is 5.26 Å². The summed E-state index contributed by atoms with van der Waals surface area (Å²) in [6, 6.07) is 9.98. The van der Waals surface area contributed by atoms with Gasteiger partial charge in [-0.15, -0.1) is 0 Å². The molecule has 17 heavy (non-hydrogen) atoms. The Hall–Kier alpha value is -1.80. The van der Waals surface area contributed by atoms with Crippen molar-refractivity contribution in [1.82, 2.24) is 9.78 Å². The maximum atomic E-state index is 8.64. The lowest BCUT2D eigenvalue weighted by molar-refractivity contribution is 0.695. The first-order valence-electron chi connectivity index (χ1n) is 5.13. The highest BCUT2D eigenvalue weighted by molar-refractivity contribution is 9.10. The highest BCUT2D eigenvalue weighted by Gasteiger charge is 2.08. The van der Waals surface area contributed by atoms with Gasteiger partial charge in [0, 0.05) is 10.0 Å². The Bertz CT molecular complexity index is 568. The van der Waals surface area contributed by atoms with Crippen molar-refractivity contribution < 1.29 is 0 Å². The van der Waals surface area contributed by atoms with Gasteiger partial charge in [-0.1, -0.05) is 34.1 Å². The van der Waals surface area contributed by atoms with Crippen LogP contribution in [0.2, 0.25) is 0 Å². The molecular formula is C12H11BrN4. The molecule has 0 saturated carbocycles. The standard InChI is InChI=1S/C12H11BrN4/c13-11-4-2-1-3-10(11)8-17-12(15)9(5-6-14)7-16-17/h1-4,7H,5,8,15H2. The monoisotopic (exact) mass is 290 g/mol. The third-order valence-electron chi connectivity index (χ3n) is 2.51. The van der Waals surface area contributed by atoms with Gasteiger partial charge >= 0.3 is 0 Å². The minimum Gasteiger partial charge on any atom is -0.384 e. The van der Waals surface area contributed by atoms with E-state index < -0.39 is 0 Å². The second-order valence-electron chi connectivity index (χ2n) is 3.64. The summed E-state index contributed by atoms with van der Waals surface area (Å²) in [6.45, 7) is 0.596. The molecule has 0 atom stereocenters. The Balaban J connectivity index is 2.26. The van der Waals surface area contributed by atoms with Crippen LogP contribution in [-0.4, -0.2) is 9.78 Å². The van der Waals surface area contributed by atoms with Crippen molar-refractivity contribution >= 4 is 21.7 Å². The zero-order valence-corrected chi connectivity index (χ0v) is 10.7. The van der Waals surface area contributed by atoms with Crippen LogP contribution in [0.1, 0.15) is 11.1 Å². The molecule has 0 unspecified atom stereocenters. The van der Waals surface area contributed by atoms with E-state index in [2.05, 4.69) is 27.1 Å². The number of hydrogen-bond acceptors (Lipinski definition) is 3. The Morgan fingerprint density at radius 3 is 2.82 bits per heavy atom. The molecule has 0 bridgehead atoms. The third kappa shape index (κ3) is 2.48. The normalized spacial score (nSPS) is 10.1. The summed E-state index contributed by atoms with van der Waals surface area (Å²) in [5, 5.41) is 12.8. The van der Waals surface area contributed by atoms with Gasteiger partial charge in [0.05, 0.1) is 25.2 Å². The predicted molar refractivity (Wildman–Crippen MR) is 69.2 cm³/mol. The molecule has 0 radical (unpaired) electrons. The second-order valence-corrected chi connectivity index (χ2v) is 4.49. The van der Waals surface area contributed by atoms with Gasteiger partial charge in [-0.2, -0.15) is 10.4 Å². The number of halogens is 1. The van der Waals surface area contributed by atoms with Gasteiger partial charge in [0.1, 0.15) is 5.82 Å². The SMILES string of the molecule is N#CCc1cnn(Cc2ccccc2Br)c1N. The van der Waals surface area contributed by atoms with E-state index in [4.69, 9.17) is 11.0 Å². The summed E-state index contributed by atoms with van der Waals surface area (Å²) in [6.07, 6.45) is 1.94. The number of benzene rings is 1. The maximum Gasteiger partial charge on any atom is 0.126 e. The Morgan fingerprint density at radius 1 is 1.35 bits per heavy atom. The van der Waals surface area contributed by atoms with Gasteiger partial charge in [0.15, 0.2) is 0 Å². The Labute approximate surface area is 108 Å². The summed E-state index contributed by atoms with van der Waals surface area (Å²) in [7, 11) is 0. The van der Waals surface area contributed by atoms with E-state index in [9.17, 15) is 0 Å². The number of nitrogen functional groups attached to an aromatic ring is 1. The van der Waals surface area contributed by atoms with Crippen molar-refractivity contribution in [2.75, 3.05) is 5.73 Å². The third-order valence-corrected chi connectivity index (χ3v) is 3.28. The van der Waals surface area contributed by atoms with E-state index in [1.165, 1.54) is 0 Å². The first-order chi connectivity index (χ1) is 8.22. The average molecular weight is 291 g/mol. The van der Waals surface area contributed by atoms with E-state index in [0.29, 0.717) is 18.8 Å². The molecule has 2 rings (SSSR count). The molecule has 1 aromatic carbocycles. The van der Waals surface area contributed by atoms with Gasteiger partial charge in [0.2, 0.25) is 0 Å². The van der Waals surface area contributed by atoms with Crippen LogP contribution in [0.5, 0.6) is 0 Å². The first kappa shape index (κ1) is 11.7. The summed E-state index contributed by atoms with van der Waals surface area (Å²) < 4.78 is 2.73. The highest BCUT2D eigenvalue weighted by atomic mass is 79.9. The van der Waals surface area contributed by atoms with Gasteiger partial charge in [-0.3, -0.25) is 0 Å². The van der Waals surface area contributed by atoms with Crippen molar-refractivity contribution in [2.45, 2.75) is 13.0 Å². The number of aromatic nitrogens is 2. The molecule has 2 aromatic rings. The number of nitrogens with zero attached hydrogens (tertiary/aromatic N) is 3.